The lowest BCUT2D eigenvalue weighted by Crippen LogP contribution is -2.47. The van der Waals surface area contributed by atoms with Gasteiger partial charge in [0.05, 0.1) is 19.7 Å². The maximum Gasteiger partial charge on any atom is 0.320 e. The highest BCUT2D eigenvalue weighted by molar-refractivity contribution is 5.80. The first-order valence-electron chi connectivity index (χ1n) is 6.52. The average molecular weight is 256 g/mol. The molecule has 1 aliphatic rings. The van der Waals surface area contributed by atoms with Crippen LogP contribution in [0.4, 0.5) is 0 Å². The van der Waals surface area contributed by atoms with Crippen molar-refractivity contribution in [1.82, 2.24) is 10.2 Å². The molecule has 1 fully saturated rings. The van der Waals surface area contributed by atoms with E-state index in [0.29, 0.717) is 12.6 Å². The topological polar surface area (TPSA) is 58.6 Å². The molecular formula is C13H24N2O3. The lowest BCUT2D eigenvalue weighted by molar-refractivity contribution is -0.144. The summed E-state index contributed by atoms with van der Waals surface area (Å²) in [5, 5.41) is 2.90. The zero-order chi connectivity index (χ0) is 13.8. The minimum absolute atomic E-state index is 0.0429. The molecule has 0 spiro atoms. The van der Waals surface area contributed by atoms with Gasteiger partial charge in [0, 0.05) is 11.6 Å². The number of amides is 1. The van der Waals surface area contributed by atoms with Gasteiger partial charge in [0.15, 0.2) is 0 Å². The molecule has 0 unspecified atom stereocenters. The smallest absolute Gasteiger partial charge is 0.320 e. The number of esters is 1. The van der Waals surface area contributed by atoms with Crippen molar-refractivity contribution in [1.29, 1.82) is 0 Å². The summed E-state index contributed by atoms with van der Waals surface area (Å²) < 4.78 is 4.92. The zero-order valence-corrected chi connectivity index (χ0v) is 11.8. The van der Waals surface area contributed by atoms with Crippen molar-refractivity contribution in [3.05, 3.63) is 0 Å². The lowest BCUT2D eigenvalue weighted by atomic mass is 10.1. The van der Waals surface area contributed by atoms with Gasteiger partial charge in [0.1, 0.15) is 0 Å². The Morgan fingerprint density at radius 1 is 1.28 bits per heavy atom. The Morgan fingerprint density at radius 2 is 1.89 bits per heavy atom. The van der Waals surface area contributed by atoms with E-state index in [1.165, 1.54) is 0 Å². The molecule has 0 aromatic carbocycles. The number of rotatable bonds is 6. The quantitative estimate of drug-likeness (QED) is 0.718. The van der Waals surface area contributed by atoms with Crippen LogP contribution >= 0.6 is 0 Å². The third-order valence-electron chi connectivity index (χ3n) is 2.56. The molecule has 1 amide bonds. The van der Waals surface area contributed by atoms with Crippen molar-refractivity contribution in [2.45, 2.75) is 52.1 Å². The van der Waals surface area contributed by atoms with E-state index < -0.39 is 0 Å². The normalized spacial score (nSPS) is 15.6. The van der Waals surface area contributed by atoms with Crippen molar-refractivity contribution in [2.75, 3.05) is 19.7 Å². The van der Waals surface area contributed by atoms with Gasteiger partial charge >= 0.3 is 5.97 Å². The summed E-state index contributed by atoms with van der Waals surface area (Å²) in [7, 11) is 0. The molecule has 1 aliphatic carbocycles. The van der Waals surface area contributed by atoms with E-state index in [4.69, 9.17) is 4.74 Å². The number of carbonyl (C=O) groups is 2. The molecule has 0 aliphatic heterocycles. The highest BCUT2D eigenvalue weighted by atomic mass is 16.5. The molecule has 1 saturated carbocycles. The standard InChI is InChI=1S/C13H24N2O3/c1-5-18-12(17)9-15(10-6-7-10)8-11(16)14-13(2,3)4/h10H,5-9H2,1-4H3,(H,14,16). The Balaban J connectivity index is 2.43. The van der Waals surface area contributed by atoms with E-state index in [1.54, 1.807) is 6.92 Å². The van der Waals surface area contributed by atoms with Crippen molar-refractivity contribution >= 4 is 11.9 Å². The fourth-order valence-electron chi connectivity index (χ4n) is 1.77. The molecule has 0 atom stereocenters. The average Bonchev–Trinajstić information content (AvgIpc) is 2.96. The largest absolute Gasteiger partial charge is 0.465 e. The van der Waals surface area contributed by atoms with Crippen molar-refractivity contribution < 1.29 is 14.3 Å². The maximum atomic E-state index is 11.8. The summed E-state index contributed by atoms with van der Waals surface area (Å²) in [6.45, 7) is 8.46. The van der Waals surface area contributed by atoms with Crippen LogP contribution in [0, 0.1) is 0 Å². The van der Waals surface area contributed by atoms with Gasteiger partial charge in [-0.25, -0.2) is 0 Å². The summed E-state index contributed by atoms with van der Waals surface area (Å²) in [6, 6.07) is 0.361. The van der Waals surface area contributed by atoms with Crippen molar-refractivity contribution in [3.8, 4) is 0 Å². The van der Waals surface area contributed by atoms with Crippen LogP contribution < -0.4 is 5.32 Å². The number of hydrogen-bond acceptors (Lipinski definition) is 4. The summed E-state index contributed by atoms with van der Waals surface area (Å²) in [6.07, 6.45) is 2.12. The van der Waals surface area contributed by atoms with Gasteiger partial charge in [-0.15, -0.1) is 0 Å². The van der Waals surface area contributed by atoms with Gasteiger partial charge < -0.3 is 10.1 Å². The summed E-state index contributed by atoms with van der Waals surface area (Å²) in [5.41, 5.74) is -0.240. The molecule has 0 aromatic heterocycles. The minimum atomic E-state index is -0.257. The molecule has 104 valence electrons. The van der Waals surface area contributed by atoms with Crippen LogP contribution in [0.5, 0.6) is 0 Å². The summed E-state index contributed by atoms with van der Waals surface area (Å²) in [4.78, 5) is 25.2. The summed E-state index contributed by atoms with van der Waals surface area (Å²) in [5.74, 6) is -0.299. The van der Waals surface area contributed by atoms with E-state index in [1.807, 2.05) is 25.7 Å². The lowest BCUT2D eigenvalue weighted by Gasteiger charge is -2.25. The minimum Gasteiger partial charge on any atom is -0.465 e. The Morgan fingerprint density at radius 3 is 2.33 bits per heavy atom. The third kappa shape index (κ3) is 6.00. The van der Waals surface area contributed by atoms with E-state index in [-0.39, 0.29) is 30.5 Å². The number of hydrogen-bond donors (Lipinski definition) is 1. The van der Waals surface area contributed by atoms with E-state index in [0.717, 1.165) is 12.8 Å². The van der Waals surface area contributed by atoms with Crippen LogP contribution in [-0.2, 0) is 14.3 Å². The van der Waals surface area contributed by atoms with Crippen LogP contribution in [0.1, 0.15) is 40.5 Å². The predicted octanol–water partition coefficient (Wildman–Crippen LogP) is 0.929. The molecule has 0 aromatic rings. The van der Waals surface area contributed by atoms with E-state index >= 15 is 0 Å². The second-order valence-electron chi connectivity index (χ2n) is 5.74. The molecule has 1 rings (SSSR count). The molecule has 1 N–H and O–H groups in total. The van der Waals surface area contributed by atoms with Gasteiger partial charge in [-0.05, 0) is 40.5 Å². The van der Waals surface area contributed by atoms with Crippen LogP contribution in [0.3, 0.4) is 0 Å². The van der Waals surface area contributed by atoms with Crippen molar-refractivity contribution in [2.24, 2.45) is 0 Å². The zero-order valence-electron chi connectivity index (χ0n) is 11.8. The van der Waals surface area contributed by atoms with E-state index in [2.05, 4.69) is 5.32 Å². The number of nitrogens with zero attached hydrogens (tertiary/aromatic N) is 1. The first-order chi connectivity index (χ1) is 8.31. The van der Waals surface area contributed by atoms with E-state index in [9.17, 15) is 9.59 Å². The van der Waals surface area contributed by atoms with Gasteiger partial charge in [0.25, 0.3) is 0 Å². The maximum absolute atomic E-state index is 11.8. The SMILES string of the molecule is CCOC(=O)CN(CC(=O)NC(C)(C)C)C1CC1. The van der Waals surface area contributed by atoms with Gasteiger partial charge in [-0.3, -0.25) is 14.5 Å². The second kappa shape index (κ2) is 6.18. The monoisotopic (exact) mass is 256 g/mol. The Bertz CT molecular complexity index is 306. The van der Waals surface area contributed by atoms with Crippen molar-refractivity contribution in [3.63, 3.8) is 0 Å². The molecule has 0 saturated heterocycles. The molecule has 5 heteroatoms. The number of nitrogens with one attached hydrogen (secondary N) is 1. The highest BCUT2D eigenvalue weighted by Gasteiger charge is 2.32. The highest BCUT2D eigenvalue weighted by Crippen LogP contribution is 2.26. The Hall–Kier alpha value is -1.10. The van der Waals surface area contributed by atoms with Gasteiger partial charge in [-0.2, -0.15) is 0 Å². The Labute approximate surface area is 109 Å². The molecule has 0 heterocycles. The molecule has 0 bridgehead atoms. The first kappa shape index (κ1) is 15.0. The molecular weight excluding hydrogens is 232 g/mol. The third-order valence-corrected chi connectivity index (χ3v) is 2.56. The van der Waals surface area contributed by atoms with Crippen LogP contribution in [0.25, 0.3) is 0 Å². The molecule has 18 heavy (non-hydrogen) atoms. The van der Waals surface area contributed by atoms with Gasteiger partial charge in [0.2, 0.25) is 5.91 Å². The van der Waals surface area contributed by atoms with Crippen LogP contribution in [-0.4, -0.2) is 48.1 Å². The molecule has 5 nitrogen and oxygen atoms in total. The Kier molecular flexibility index (Phi) is 5.14. The summed E-state index contributed by atoms with van der Waals surface area (Å²) >= 11 is 0. The number of ether oxygens (including phenoxy) is 1. The second-order valence-corrected chi connectivity index (χ2v) is 5.74. The number of carbonyl (C=O) groups excluding carboxylic acids is 2. The van der Waals surface area contributed by atoms with Crippen LogP contribution in [0.2, 0.25) is 0 Å². The fraction of sp³-hybridized carbons (Fsp3) is 0.846. The van der Waals surface area contributed by atoms with Gasteiger partial charge in [-0.1, -0.05) is 0 Å². The first-order valence-corrected chi connectivity index (χ1v) is 6.52. The predicted molar refractivity (Wildman–Crippen MR) is 69.1 cm³/mol. The molecule has 0 radical (unpaired) electrons. The van der Waals surface area contributed by atoms with Crippen LogP contribution in [0.15, 0.2) is 0 Å². The fourth-order valence-corrected chi connectivity index (χ4v) is 1.77.